The van der Waals surface area contributed by atoms with Crippen LogP contribution in [0.5, 0.6) is 0 Å². The fourth-order valence-electron chi connectivity index (χ4n) is 2.25. The molecule has 0 radical (unpaired) electrons. The lowest BCUT2D eigenvalue weighted by molar-refractivity contribution is -0.118. The highest BCUT2D eigenvalue weighted by Gasteiger charge is 2.06. The van der Waals surface area contributed by atoms with Gasteiger partial charge in [-0.15, -0.1) is 16.7 Å². The Morgan fingerprint density at radius 3 is 2.48 bits per heavy atom. The molecule has 1 rings (SSSR count). The molecule has 0 aliphatic heterocycles. The number of rotatable bonds is 11. The lowest BCUT2D eigenvalue weighted by Gasteiger charge is -2.10. The predicted octanol–water partition coefficient (Wildman–Crippen LogP) is 5.25. The van der Waals surface area contributed by atoms with E-state index in [1.54, 1.807) is 11.8 Å². The van der Waals surface area contributed by atoms with E-state index in [1.807, 2.05) is 6.08 Å². The lowest BCUT2D eigenvalue weighted by atomic mass is 10.1. The standard InChI is InChI=1S/C16H25NO3S/c18-14-10-7-8-11-15(14)21-13-9-5-3-1-2-4-6-12-16(19)17-20/h8,11,18H,1-7,9-10,12-13H2. The van der Waals surface area contributed by atoms with Gasteiger partial charge < -0.3 is 5.11 Å². The number of allylic oxidation sites excluding steroid dienone is 3. The Hall–Kier alpha value is -1.10. The first kappa shape index (κ1) is 18.0. The van der Waals surface area contributed by atoms with Crippen molar-refractivity contribution in [1.29, 1.82) is 0 Å². The van der Waals surface area contributed by atoms with Crippen molar-refractivity contribution in [2.24, 2.45) is 5.18 Å². The molecule has 0 saturated carbocycles. The minimum absolute atomic E-state index is 0.298. The molecule has 0 atom stereocenters. The van der Waals surface area contributed by atoms with Crippen LogP contribution in [0.25, 0.3) is 0 Å². The number of unbranched alkanes of at least 4 members (excludes halogenated alkanes) is 6. The van der Waals surface area contributed by atoms with E-state index < -0.39 is 5.91 Å². The third-order valence-corrected chi connectivity index (χ3v) is 4.67. The number of amides is 1. The Kier molecular flexibility index (Phi) is 9.87. The first-order valence-corrected chi connectivity index (χ1v) is 8.80. The zero-order chi connectivity index (χ0) is 15.3. The minimum Gasteiger partial charge on any atom is -0.511 e. The second kappa shape index (κ2) is 11.5. The number of carbonyl (C=O) groups is 1. The third-order valence-electron chi connectivity index (χ3n) is 3.50. The summed E-state index contributed by atoms with van der Waals surface area (Å²) in [5, 5.41) is 12.1. The van der Waals surface area contributed by atoms with Gasteiger partial charge in [-0.05, 0) is 31.1 Å². The van der Waals surface area contributed by atoms with E-state index in [0.29, 0.717) is 12.2 Å². The van der Waals surface area contributed by atoms with Crippen molar-refractivity contribution in [2.75, 3.05) is 5.75 Å². The molecular formula is C16H25NO3S. The van der Waals surface area contributed by atoms with E-state index in [0.717, 1.165) is 42.8 Å². The minimum atomic E-state index is -0.527. The normalized spacial score (nSPS) is 14.5. The van der Waals surface area contributed by atoms with Crippen LogP contribution >= 0.6 is 11.8 Å². The summed E-state index contributed by atoms with van der Waals surface area (Å²) in [6.07, 6.45) is 13.8. The van der Waals surface area contributed by atoms with Crippen LogP contribution in [0, 0.1) is 4.91 Å². The van der Waals surface area contributed by atoms with Crippen LogP contribution in [0.4, 0.5) is 0 Å². The molecule has 5 heteroatoms. The summed E-state index contributed by atoms with van der Waals surface area (Å²) in [6, 6.07) is 0. The molecule has 1 aliphatic rings. The molecule has 0 saturated heterocycles. The number of hydrogen-bond donors (Lipinski definition) is 1. The van der Waals surface area contributed by atoms with Crippen LogP contribution in [-0.2, 0) is 4.79 Å². The predicted molar refractivity (Wildman–Crippen MR) is 88.2 cm³/mol. The van der Waals surface area contributed by atoms with E-state index in [9.17, 15) is 14.8 Å². The molecule has 0 bridgehead atoms. The fraction of sp³-hybridized carbons (Fsp3) is 0.688. The Bertz CT molecular complexity index is 391. The van der Waals surface area contributed by atoms with Crippen molar-refractivity contribution in [1.82, 2.24) is 0 Å². The Morgan fingerprint density at radius 2 is 1.81 bits per heavy atom. The topological polar surface area (TPSA) is 66.7 Å². The SMILES string of the molecule is O=NC(=O)CCCCCCCCCSC1=C(O)CCC=C1. The molecule has 0 fully saturated rings. The molecular weight excluding hydrogens is 286 g/mol. The van der Waals surface area contributed by atoms with Gasteiger partial charge in [0.25, 0.3) is 5.91 Å². The molecule has 1 N–H and O–H groups in total. The number of nitrogens with zero attached hydrogens (tertiary/aromatic N) is 1. The molecule has 0 aromatic carbocycles. The van der Waals surface area contributed by atoms with Gasteiger partial charge in [-0.1, -0.05) is 38.2 Å². The second-order valence-electron chi connectivity index (χ2n) is 5.31. The maximum atomic E-state index is 10.7. The van der Waals surface area contributed by atoms with Gasteiger partial charge in [-0.25, -0.2) is 0 Å². The second-order valence-corrected chi connectivity index (χ2v) is 6.45. The lowest BCUT2D eigenvalue weighted by Crippen LogP contribution is -1.92. The molecule has 1 aliphatic carbocycles. The summed E-state index contributed by atoms with van der Waals surface area (Å²) in [7, 11) is 0. The first-order valence-electron chi connectivity index (χ1n) is 7.81. The fourth-order valence-corrected chi connectivity index (χ4v) is 3.28. The quantitative estimate of drug-likeness (QED) is 0.418. The number of aliphatic hydroxyl groups is 1. The Labute approximate surface area is 131 Å². The van der Waals surface area contributed by atoms with Gasteiger partial charge in [0.1, 0.15) is 5.76 Å². The van der Waals surface area contributed by atoms with Gasteiger partial charge in [-0.2, -0.15) is 0 Å². The maximum Gasteiger partial charge on any atom is 0.286 e. The van der Waals surface area contributed by atoms with Gasteiger partial charge in [0.15, 0.2) is 0 Å². The summed E-state index contributed by atoms with van der Waals surface area (Å²) in [6.45, 7) is 0. The van der Waals surface area contributed by atoms with Gasteiger partial charge in [0.05, 0.1) is 0 Å². The number of carbonyl (C=O) groups excluding carboxylic acids is 1. The molecule has 0 aromatic heterocycles. The molecule has 118 valence electrons. The summed E-state index contributed by atoms with van der Waals surface area (Å²) in [4.78, 5) is 21.6. The van der Waals surface area contributed by atoms with Crippen molar-refractivity contribution < 1.29 is 9.90 Å². The summed E-state index contributed by atoms with van der Waals surface area (Å²) in [5.41, 5.74) is 0. The summed E-state index contributed by atoms with van der Waals surface area (Å²) in [5.74, 6) is 1.08. The van der Waals surface area contributed by atoms with E-state index in [-0.39, 0.29) is 0 Å². The maximum absolute atomic E-state index is 10.7. The van der Waals surface area contributed by atoms with Crippen molar-refractivity contribution in [2.45, 2.75) is 64.2 Å². The van der Waals surface area contributed by atoms with E-state index in [4.69, 9.17) is 0 Å². The van der Waals surface area contributed by atoms with Crippen molar-refractivity contribution in [3.63, 3.8) is 0 Å². The highest BCUT2D eigenvalue weighted by molar-refractivity contribution is 8.03. The molecule has 0 spiro atoms. The molecule has 0 heterocycles. The third kappa shape index (κ3) is 8.71. The number of hydrogen-bond acceptors (Lipinski definition) is 4. The smallest absolute Gasteiger partial charge is 0.286 e. The number of nitroso groups, excluding NO2 is 1. The molecule has 4 nitrogen and oxygen atoms in total. The first-order chi connectivity index (χ1) is 10.2. The highest BCUT2D eigenvalue weighted by atomic mass is 32.2. The van der Waals surface area contributed by atoms with Crippen molar-refractivity contribution in [3.8, 4) is 0 Å². The average Bonchev–Trinajstić information content (AvgIpc) is 2.50. The van der Waals surface area contributed by atoms with Crippen LogP contribution in [-0.4, -0.2) is 16.8 Å². The van der Waals surface area contributed by atoms with Crippen LogP contribution in [0.15, 0.2) is 28.0 Å². The number of thioether (sulfide) groups is 1. The van der Waals surface area contributed by atoms with Crippen molar-refractivity contribution in [3.05, 3.63) is 27.7 Å². The molecule has 0 unspecified atom stereocenters. The van der Waals surface area contributed by atoms with E-state index in [1.165, 1.54) is 25.7 Å². The van der Waals surface area contributed by atoms with Crippen molar-refractivity contribution >= 4 is 17.7 Å². The van der Waals surface area contributed by atoms with E-state index >= 15 is 0 Å². The molecule has 1 amide bonds. The highest BCUT2D eigenvalue weighted by Crippen LogP contribution is 2.27. The zero-order valence-corrected chi connectivity index (χ0v) is 13.4. The largest absolute Gasteiger partial charge is 0.511 e. The molecule has 0 aromatic rings. The van der Waals surface area contributed by atoms with E-state index in [2.05, 4.69) is 11.3 Å². The Balaban J connectivity index is 1.88. The van der Waals surface area contributed by atoms with Crippen LogP contribution in [0.3, 0.4) is 0 Å². The van der Waals surface area contributed by atoms with Crippen LogP contribution < -0.4 is 0 Å². The molecule has 21 heavy (non-hydrogen) atoms. The number of aliphatic hydroxyl groups excluding tert-OH is 1. The summed E-state index contributed by atoms with van der Waals surface area (Å²) >= 11 is 1.75. The average molecular weight is 311 g/mol. The monoisotopic (exact) mass is 311 g/mol. The Morgan fingerprint density at radius 1 is 1.14 bits per heavy atom. The van der Waals surface area contributed by atoms with Crippen LogP contribution in [0.2, 0.25) is 0 Å². The zero-order valence-electron chi connectivity index (χ0n) is 12.6. The van der Waals surface area contributed by atoms with Gasteiger partial charge in [0, 0.05) is 22.9 Å². The van der Waals surface area contributed by atoms with Gasteiger partial charge >= 0.3 is 0 Å². The van der Waals surface area contributed by atoms with Crippen LogP contribution in [0.1, 0.15) is 64.2 Å². The summed E-state index contributed by atoms with van der Waals surface area (Å²) < 4.78 is 0. The van der Waals surface area contributed by atoms with Gasteiger partial charge in [0.2, 0.25) is 0 Å². The van der Waals surface area contributed by atoms with Gasteiger partial charge in [-0.3, -0.25) is 4.79 Å².